The fourth-order valence-electron chi connectivity index (χ4n) is 2.27. The molecule has 0 fully saturated rings. The van der Waals surface area contributed by atoms with Gasteiger partial charge in [-0.2, -0.15) is 0 Å². The highest BCUT2D eigenvalue weighted by molar-refractivity contribution is 7.15. The number of hydrogen-bond donors (Lipinski definition) is 1. The van der Waals surface area contributed by atoms with Gasteiger partial charge in [0, 0.05) is 22.5 Å². The topological polar surface area (TPSA) is 42.0 Å². The van der Waals surface area contributed by atoms with E-state index in [1.807, 2.05) is 25.1 Å². The van der Waals surface area contributed by atoms with Crippen LogP contribution in [0.25, 0.3) is 0 Å². The zero-order valence-corrected chi connectivity index (χ0v) is 15.5. The lowest BCUT2D eigenvalue weighted by Crippen LogP contribution is -2.14. The van der Waals surface area contributed by atoms with Gasteiger partial charge in [-0.15, -0.1) is 11.3 Å². The number of anilines is 1. The van der Waals surface area contributed by atoms with Crippen molar-refractivity contribution in [1.82, 2.24) is 4.98 Å². The third-order valence-corrected chi connectivity index (χ3v) is 5.21. The normalized spacial score (nSPS) is 10.7. The molecule has 0 saturated heterocycles. The number of rotatable bonds is 4. The highest BCUT2D eigenvalue weighted by atomic mass is 35.5. The lowest BCUT2D eigenvalue weighted by molar-refractivity contribution is 0.102. The molecule has 0 radical (unpaired) electrons. The van der Waals surface area contributed by atoms with Crippen molar-refractivity contribution >= 4 is 45.6 Å². The van der Waals surface area contributed by atoms with E-state index in [0.717, 1.165) is 16.0 Å². The summed E-state index contributed by atoms with van der Waals surface area (Å²) >= 11 is 13.4. The molecule has 3 nitrogen and oxygen atoms in total. The second-order valence-corrected chi connectivity index (χ2v) is 7.37. The maximum atomic E-state index is 13.8. The molecule has 128 valence electrons. The Kier molecular flexibility index (Phi) is 5.37. The maximum Gasteiger partial charge on any atom is 0.261 e. The summed E-state index contributed by atoms with van der Waals surface area (Å²) in [5.74, 6) is -1.29. The largest absolute Gasteiger partial charge is 0.298 e. The van der Waals surface area contributed by atoms with Gasteiger partial charge in [0.1, 0.15) is 5.82 Å². The average Bonchev–Trinajstić information content (AvgIpc) is 2.98. The molecule has 1 aromatic heterocycles. The van der Waals surface area contributed by atoms with E-state index in [-0.39, 0.29) is 10.6 Å². The van der Waals surface area contributed by atoms with Gasteiger partial charge in [-0.25, -0.2) is 9.37 Å². The van der Waals surface area contributed by atoms with Crippen LogP contribution >= 0.6 is 34.5 Å². The summed E-state index contributed by atoms with van der Waals surface area (Å²) in [6.07, 6.45) is 2.32. The Morgan fingerprint density at radius 2 is 2.04 bits per heavy atom. The van der Waals surface area contributed by atoms with E-state index in [4.69, 9.17) is 23.2 Å². The summed E-state index contributed by atoms with van der Waals surface area (Å²) in [6.45, 7) is 1.94. The molecule has 1 N–H and O–H groups in total. The first-order valence-corrected chi connectivity index (χ1v) is 8.96. The molecule has 0 atom stereocenters. The molecule has 0 aliphatic rings. The molecule has 1 heterocycles. The average molecular weight is 395 g/mol. The summed E-state index contributed by atoms with van der Waals surface area (Å²) in [5.41, 5.74) is 1.88. The highest BCUT2D eigenvalue weighted by Crippen LogP contribution is 2.25. The van der Waals surface area contributed by atoms with Gasteiger partial charge in [0.25, 0.3) is 5.91 Å². The van der Waals surface area contributed by atoms with Gasteiger partial charge in [0.15, 0.2) is 5.13 Å². The molecule has 7 heteroatoms. The van der Waals surface area contributed by atoms with E-state index < -0.39 is 11.7 Å². The molecule has 3 rings (SSSR count). The van der Waals surface area contributed by atoms with E-state index >= 15 is 0 Å². The number of halogens is 3. The van der Waals surface area contributed by atoms with Crippen LogP contribution in [0.4, 0.5) is 9.52 Å². The predicted octanol–water partition coefficient (Wildman–Crippen LogP) is 5.74. The van der Waals surface area contributed by atoms with Crippen LogP contribution in [0.2, 0.25) is 10.0 Å². The van der Waals surface area contributed by atoms with Crippen molar-refractivity contribution in [2.45, 2.75) is 13.3 Å². The molecule has 0 aliphatic carbocycles. The molecule has 3 aromatic rings. The Bertz CT molecular complexity index is 922. The molecule has 25 heavy (non-hydrogen) atoms. The standard InChI is InChI=1S/C18H13Cl2FN2OS/c1-10-5-6-11(8-14(10)20)7-12-9-22-18(25-12)23-17(24)16-13(19)3-2-4-15(16)21/h2-6,8-9H,7H2,1H3,(H,22,23,24). The first kappa shape index (κ1) is 17.9. The van der Waals surface area contributed by atoms with Gasteiger partial charge in [0.05, 0.1) is 10.6 Å². The lowest BCUT2D eigenvalue weighted by Gasteiger charge is -2.05. The van der Waals surface area contributed by atoms with Crippen molar-refractivity contribution in [2.24, 2.45) is 0 Å². The number of amides is 1. The number of benzene rings is 2. The van der Waals surface area contributed by atoms with E-state index in [9.17, 15) is 9.18 Å². The molecule has 0 unspecified atom stereocenters. The van der Waals surface area contributed by atoms with E-state index in [1.54, 1.807) is 6.20 Å². The first-order chi connectivity index (χ1) is 11.9. The van der Waals surface area contributed by atoms with Crippen LogP contribution in [-0.2, 0) is 6.42 Å². The van der Waals surface area contributed by atoms with Gasteiger partial charge < -0.3 is 0 Å². The Balaban J connectivity index is 1.73. The maximum absolute atomic E-state index is 13.8. The van der Waals surface area contributed by atoms with Crippen molar-refractivity contribution in [3.63, 3.8) is 0 Å². The molecule has 0 spiro atoms. The number of aryl methyl sites for hydroxylation is 1. The highest BCUT2D eigenvalue weighted by Gasteiger charge is 2.17. The minimum atomic E-state index is -0.670. The van der Waals surface area contributed by atoms with Crippen molar-refractivity contribution in [3.8, 4) is 0 Å². The van der Waals surface area contributed by atoms with E-state index in [1.165, 1.54) is 29.5 Å². The Hall–Kier alpha value is -1.95. The summed E-state index contributed by atoms with van der Waals surface area (Å²) in [6, 6.07) is 9.97. The number of carbonyl (C=O) groups excluding carboxylic acids is 1. The Labute approximate surface area is 158 Å². The van der Waals surface area contributed by atoms with E-state index in [0.29, 0.717) is 16.6 Å². The smallest absolute Gasteiger partial charge is 0.261 e. The van der Waals surface area contributed by atoms with Crippen LogP contribution in [0.15, 0.2) is 42.6 Å². The lowest BCUT2D eigenvalue weighted by atomic mass is 10.1. The van der Waals surface area contributed by atoms with Gasteiger partial charge in [-0.05, 0) is 36.2 Å². The number of carbonyl (C=O) groups is 1. The molecule has 0 aliphatic heterocycles. The summed E-state index contributed by atoms with van der Waals surface area (Å²) in [7, 11) is 0. The zero-order valence-electron chi connectivity index (χ0n) is 13.1. The van der Waals surface area contributed by atoms with Crippen LogP contribution in [0.1, 0.15) is 26.4 Å². The van der Waals surface area contributed by atoms with Gasteiger partial charge in [-0.3, -0.25) is 10.1 Å². The van der Waals surface area contributed by atoms with Crippen molar-refractivity contribution < 1.29 is 9.18 Å². The van der Waals surface area contributed by atoms with Gasteiger partial charge in [0.2, 0.25) is 0 Å². The molecular formula is C18H13Cl2FN2OS. The van der Waals surface area contributed by atoms with Gasteiger partial charge in [-0.1, -0.05) is 41.4 Å². The second-order valence-electron chi connectivity index (χ2n) is 5.44. The quantitative estimate of drug-likeness (QED) is 0.612. The second kappa shape index (κ2) is 7.52. The molecular weight excluding hydrogens is 382 g/mol. The monoisotopic (exact) mass is 394 g/mol. The van der Waals surface area contributed by atoms with Gasteiger partial charge >= 0.3 is 0 Å². The van der Waals surface area contributed by atoms with E-state index in [2.05, 4.69) is 10.3 Å². The minimum absolute atomic E-state index is 0.0589. The van der Waals surface area contributed by atoms with Crippen LogP contribution in [0, 0.1) is 12.7 Å². The van der Waals surface area contributed by atoms with Crippen molar-refractivity contribution in [1.29, 1.82) is 0 Å². The predicted molar refractivity (Wildman–Crippen MR) is 100 cm³/mol. The minimum Gasteiger partial charge on any atom is -0.298 e. The molecule has 1 amide bonds. The summed E-state index contributed by atoms with van der Waals surface area (Å²) in [5, 5.41) is 3.74. The molecule has 2 aromatic carbocycles. The number of nitrogens with zero attached hydrogens (tertiary/aromatic N) is 1. The fraction of sp³-hybridized carbons (Fsp3) is 0.111. The van der Waals surface area contributed by atoms with Crippen LogP contribution in [-0.4, -0.2) is 10.9 Å². The number of nitrogens with one attached hydrogen (secondary N) is 1. The van der Waals surface area contributed by atoms with Crippen LogP contribution in [0.5, 0.6) is 0 Å². The number of aromatic nitrogens is 1. The molecule has 0 bridgehead atoms. The fourth-order valence-corrected chi connectivity index (χ4v) is 3.56. The SMILES string of the molecule is Cc1ccc(Cc2cnc(NC(=O)c3c(F)cccc3Cl)s2)cc1Cl. The third-order valence-electron chi connectivity index (χ3n) is 3.58. The summed E-state index contributed by atoms with van der Waals surface area (Å²) in [4.78, 5) is 17.3. The third kappa shape index (κ3) is 4.18. The van der Waals surface area contributed by atoms with Crippen molar-refractivity contribution in [3.05, 3.63) is 80.0 Å². The Morgan fingerprint density at radius 3 is 2.76 bits per heavy atom. The van der Waals surface area contributed by atoms with Crippen molar-refractivity contribution in [2.75, 3.05) is 5.32 Å². The van der Waals surface area contributed by atoms with Crippen LogP contribution in [0.3, 0.4) is 0 Å². The number of hydrogen-bond acceptors (Lipinski definition) is 3. The van der Waals surface area contributed by atoms with Crippen LogP contribution < -0.4 is 5.32 Å². The summed E-state index contributed by atoms with van der Waals surface area (Å²) < 4.78 is 13.8. The molecule has 0 saturated carbocycles. The number of thiazole rings is 1. The first-order valence-electron chi connectivity index (χ1n) is 7.39. The zero-order chi connectivity index (χ0) is 18.0. The Morgan fingerprint density at radius 1 is 1.24 bits per heavy atom.